The van der Waals surface area contributed by atoms with Crippen LogP contribution in [0.1, 0.15) is 24.2 Å². The zero-order chi connectivity index (χ0) is 16.2. The molecule has 23 heavy (non-hydrogen) atoms. The van der Waals surface area contributed by atoms with Crippen molar-refractivity contribution in [3.05, 3.63) is 60.4 Å². The van der Waals surface area contributed by atoms with E-state index in [2.05, 4.69) is 15.3 Å². The minimum atomic E-state index is -0.195. The first kappa shape index (κ1) is 15.0. The third-order valence-corrected chi connectivity index (χ3v) is 3.24. The lowest BCUT2D eigenvalue weighted by atomic mass is 10.2. The highest BCUT2D eigenvalue weighted by molar-refractivity contribution is 6.07. The number of fused-ring (bicyclic) bond motifs is 1. The number of hydrogen-bond acceptors (Lipinski definition) is 4. The molecule has 5 heteroatoms. The molecule has 0 fully saturated rings. The second-order valence-corrected chi connectivity index (χ2v) is 5.37. The molecule has 0 aliphatic carbocycles. The van der Waals surface area contributed by atoms with Gasteiger partial charge in [0, 0.05) is 18.0 Å². The number of carbonyl (C=O) groups excluding carboxylic acids is 1. The van der Waals surface area contributed by atoms with Gasteiger partial charge in [-0.05, 0) is 50.2 Å². The summed E-state index contributed by atoms with van der Waals surface area (Å²) in [6.45, 7) is 3.92. The molecule has 3 rings (SSSR count). The van der Waals surface area contributed by atoms with Crippen LogP contribution in [0.4, 0.5) is 5.69 Å². The van der Waals surface area contributed by atoms with Crippen molar-refractivity contribution in [3.63, 3.8) is 0 Å². The molecule has 0 saturated carbocycles. The van der Waals surface area contributed by atoms with E-state index in [9.17, 15) is 4.79 Å². The number of anilines is 1. The van der Waals surface area contributed by atoms with Gasteiger partial charge in [0.25, 0.3) is 5.91 Å². The van der Waals surface area contributed by atoms with Gasteiger partial charge in [-0.2, -0.15) is 0 Å². The molecule has 0 bridgehead atoms. The van der Waals surface area contributed by atoms with E-state index in [1.807, 2.05) is 32.0 Å². The van der Waals surface area contributed by atoms with Crippen molar-refractivity contribution in [2.24, 2.45) is 0 Å². The lowest BCUT2D eigenvalue weighted by Crippen LogP contribution is -2.12. The van der Waals surface area contributed by atoms with E-state index in [-0.39, 0.29) is 12.0 Å². The van der Waals surface area contributed by atoms with Gasteiger partial charge in [0.05, 0.1) is 17.3 Å². The van der Waals surface area contributed by atoms with Gasteiger partial charge in [0.1, 0.15) is 11.3 Å². The third kappa shape index (κ3) is 3.45. The van der Waals surface area contributed by atoms with Crippen molar-refractivity contribution >= 4 is 22.6 Å². The van der Waals surface area contributed by atoms with Crippen LogP contribution in [0.15, 0.2) is 54.9 Å². The molecule has 0 radical (unpaired) electrons. The number of carbonyl (C=O) groups is 1. The number of hydrogen-bond donors (Lipinski definition) is 1. The summed E-state index contributed by atoms with van der Waals surface area (Å²) in [4.78, 5) is 20.9. The van der Waals surface area contributed by atoms with Gasteiger partial charge in [-0.25, -0.2) is 0 Å². The Bertz CT molecular complexity index is 824. The number of nitrogens with zero attached hydrogens (tertiary/aromatic N) is 2. The van der Waals surface area contributed by atoms with Gasteiger partial charge in [0.2, 0.25) is 0 Å². The van der Waals surface area contributed by atoms with Crippen LogP contribution in [0, 0.1) is 0 Å². The summed E-state index contributed by atoms with van der Waals surface area (Å²) in [5.74, 6) is 0.548. The van der Waals surface area contributed by atoms with E-state index in [0.717, 1.165) is 11.3 Å². The number of benzene rings is 2. The average Bonchev–Trinajstić information content (AvgIpc) is 2.55. The van der Waals surface area contributed by atoms with Crippen LogP contribution in [-0.2, 0) is 0 Å². The van der Waals surface area contributed by atoms with Crippen LogP contribution in [0.25, 0.3) is 11.0 Å². The van der Waals surface area contributed by atoms with Crippen molar-refractivity contribution in [1.82, 2.24) is 9.97 Å². The summed E-state index contributed by atoms with van der Waals surface area (Å²) in [5, 5.41) is 2.88. The molecule has 0 aliphatic heterocycles. The maximum atomic E-state index is 12.4. The molecule has 1 aromatic heterocycles. The fourth-order valence-electron chi connectivity index (χ4n) is 2.25. The molecular formula is C18H17N3O2. The molecule has 1 N–H and O–H groups in total. The first-order valence-electron chi connectivity index (χ1n) is 7.41. The molecule has 0 aliphatic rings. The number of para-hydroxylation sites is 1. The molecule has 1 heterocycles. The zero-order valence-electron chi connectivity index (χ0n) is 13.0. The molecule has 0 spiro atoms. The molecule has 2 aromatic carbocycles. The summed E-state index contributed by atoms with van der Waals surface area (Å²) in [7, 11) is 0. The lowest BCUT2D eigenvalue weighted by molar-refractivity contribution is 0.102. The average molecular weight is 307 g/mol. The van der Waals surface area contributed by atoms with Gasteiger partial charge in [-0.15, -0.1) is 0 Å². The number of aromatic nitrogens is 2. The lowest BCUT2D eigenvalue weighted by Gasteiger charge is -2.10. The van der Waals surface area contributed by atoms with Crippen LogP contribution in [0.5, 0.6) is 5.75 Å². The summed E-state index contributed by atoms with van der Waals surface area (Å²) in [6.07, 6.45) is 3.33. The Kier molecular flexibility index (Phi) is 4.19. The fraction of sp³-hybridized carbons (Fsp3) is 0.167. The van der Waals surface area contributed by atoms with Crippen LogP contribution in [-0.4, -0.2) is 22.0 Å². The SMILES string of the molecule is CC(C)Oc1ccc(C(=O)Nc2cccc3nccnc23)cc1. The molecule has 0 atom stereocenters. The minimum absolute atomic E-state index is 0.101. The Morgan fingerprint density at radius 1 is 1.04 bits per heavy atom. The Hall–Kier alpha value is -2.95. The van der Waals surface area contributed by atoms with Gasteiger partial charge in [0.15, 0.2) is 0 Å². The van der Waals surface area contributed by atoms with Crippen molar-refractivity contribution in [2.45, 2.75) is 20.0 Å². The van der Waals surface area contributed by atoms with E-state index in [1.165, 1.54) is 0 Å². The maximum absolute atomic E-state index is 12.4. The second-order valence-electron chi connectivity index (χ2n) is 5.37. The first-order chi connectivity index (χ1) is 11.1. The van der Waals surface area contributed by atoms with Gasteiger partial charge in [-0.1, -0.05) is 6.07 Å². The van der Waals surface area contributed by atoms with Crippen LogP contribution in [0.3, 0.4) is 0 Å². The number of amides is 1. The summed E-state index contributed by atoms with van der Waals surface area (Å²) >= 11 is 0. The summed E-state index contributed by atoms with van der Waals surface area (Å²) in [5.41, 5.74) is 2.61. The van der Waals surface area contributed by atoms with Crippen LogP contribution >= 0.6 is 0 Å². The van der Waals surface area contributed by atoms with Crippen molar-refractivity contribution < 1.29 is 9.53 Å². The van der Waals surface area contributed by atoms with Crippen LogP contribution < -0.4 is 10.1 Å². The van der Waals surface area contributed by atoms with Crippen molar-refractivity contribution in [3.8, 4) is 5.75 Å². The standard InChI is InChI=1S/C18H17N3O2/c1-12(2)23-14-8-6-13(7-9-14)18(22)21-16-5-3-4-15-17(16)20-11-10-19-15/h3-12H,1-2H3,(H,21,22). The van der Waals surface area contributed by atoms with Crippen LogP contribution in [0.2, 0.25) is 0 Å². The third-order valence-electron chi connectivity index (χ3n) is 3.24. The largest absolute Gasteiger partial charge is 0.491 e. The predicted molar refractivity (Wildman–Crippen MR) is 89.7 cm³/mol. The van der Waals surface area contributed by atoms with E-state index in [4.69, 9.17) is 4.74 Å². The maximum Gasteiger partial charge on any atom is 0.255 e. The molecule has 1 amide bonds. The minimum Gasteiger partial charge on any atom is -0.491 e. The quantitative estimate of drug-likeness (QED) is 0.798. The second kappa shape index (κ2) is 6.44. The molecule has 116 valence electrons. The van der Waals surface area contributed by atoms with Gasteiger partial charge < -0.3 is 10.1 Å². The van der Waals surface area contributed by atoms with Crippen molar-refractivity contribution in [2.75, 3.05) is 5.32 Å². The topological polar surface area (TPSA) is 64.1 Å². The molecule has 0 unspecified atom stereocenters. The highest BCUT2D eigenvalue weighted by Crippen LogP contribution is 2.20. The number of ether oxygens (including phenoxy) is 1. The summed E-state index contributed by atoms with van der Waals surface area (Å²) < 4.78 is 5.57. The van der Waals surface area contributed by atoms with E-state index in [0.29, 0.717) is 16.8 Å². The Balaban J connectivity index is 1.81. The summed E-state index contributed by atoms with van der Waals surface area (Å²) in [6, 6.07) is 12.6. The molecule has 3 aromatic rings. The highest BCUT2D eigenvalue weighted by Gasteiger charge is 2.09. The fourth-order valence-corrected chi connectivity index (χ4v) is 2.25. The smallest absolute Gasteiger partial charge is 0.255 e. The Morgan fingerprint density at radius 3 is 2.52 bits per heavy atom. The van der Waals surface area contributed by atoms with E-state index >= 15 is 0 Å². The first-order valence-corrected chi connectivity index (χ1v) is 7.41. The molecule has 0 saturated heterocycles. The number of nitrogens with one attached hydrogen (secondary N) is 1. The van der Waals surface area contributed by atoms with E-state index < -0.39 is 0 Å². The highest BCUT2D eigenvalue weighted by atomic mass is 16.5. The zero-order valence-corrected chi connectivity index (χ0v) is 13.0. The predicted octanol–water partition coefficient (Wildman–Crippen LogP) is 3.67. The van der Waals surface area contributed by atoms with Gasteiger partial charge >= 0.3 is 0 Å². The monoisotopic (exact) mass is 307 g/mol. The Labute approximate surface area is 134 Å². The number of rotatable bonds is 4. The molecule has 5 nitrogen and oxygen atoms in total. The van der Waals surface area contributed by atoms with Gasteiger partial charge in [-0.3, -0.25) is 14.8 Å². The Morgan fingerprint density at radius 2 is 1.78 bits per heavy atom. The van der Waals surface area contributed by atoms with Crippen molar-refractivity contribution in [1.29, 1.82) is 0 Å². The molecular weight excluding hydrogens is 290 g/mol. The van der Waals surface area contributed by atoms with E-state index in [1.54, 1.807) is 36.7 Å². The normalized spacial score (nSPS) is 10.7.